The quantitative estimate of drug-likeness (QED) is 0.518. The molecule has 0 spiro atoms. The summed E-state index contributed by atoms with van der Waals surface area (Å²) in [7, 11) is 0. The van der Waals surface area contributed by atoms with E-state index in [0.717, 1.165) is 32.3 Å². The van der Waals surface area contributed by atoms with Gasteiger partial charge < -0.3 is 20.5 Å². The lowest BCUT2D eigenvalue weighted by Crippen LogP contribution is -2.50. The van der Waals surface area contributed by atoms with Gasteiger partial charge in [0.2, 0.25) is 0 Å². The van der Waals surface area contributed by atoms with Crippen LogP contribution < -0.4 is 10.6 Å². The minimum atomic E-state index is -0.198. The van der Waals surface area contributed by atoms with Gasteiger partial charge in [-0.3, -0.25) is 5.10 Å². The molecule has 8 heteroatoms. The van der Waals surface area contributed by atoms with Crippen molar-refractivity contribution < 1.29 is 9.84 Å². The van der Waals surface area contributed by atoms with E-state index in [-0.39, 0.29) is 17.6 Å². The number of hydrogen-bond donors (Lipinski definition) is 4. The van der Waals surface area contributed by atoms with Gasteiger partial charge in [-0.05, 0) is 32.9 Å². The van der Waals surface area contributed by atoms with Crippen LogP contribution in [0.2, 0.25) is 0 Å². The fourth-order valence-electron chi connectivity index (χ4n) is 3.05. The van der Waals surface area contributed by atoms with Crippen molar-refractivity contribution in [2.24, 2.45) is 5.41 Å². The largest absolute Gasteiger partial charge is 0.396 e. The van der Waals surface area contributed by atoms with E-state index in [1.807, 2.05) is 12.1 Å². The highest BCUT2D eigenvalue weighted by Crippen LogP contribution is 2.38. The number of aromatic nitrogens is 3. The number of hydrogen-bond acceptors (Lipinski definition) is 7. The van der Waals surface area contributed by atoms with Crippen LogP contribution in [0.5, 0.6) is 0 Å². The number of nitrogens with zero attached hydrogens (tertiary/aromatic N) is 2. The molecule has 0 atom stereocenters. The molecule has 144 valence electrons. The van der Waals surface area contributed by atoms with Gasteiger partial charge in [0.15, 0.2) is 0 Å². The van der Waals surface area contributed by atoms with E-state index < -0.39 is 0 Å². The second-order valence-corrected chi connectivity index (χ2v) is 9.28. The van der Waals surface area contributed by atoms with E-state index in [4.69, 9.17) is 9.72 Å². The Morgan fingerprint density at radius 3 is 2.74 bits per heavy atom. The molecule has 1 aliphatic heterocycles. The molecular formula is C19H25N5O2S. The number of pyridine rings is 1. The summed E-state index contributed by atoms with van der Waals surface area (Å²) in [5.41, 5.74) is 2.64. The molecule has 7 nitrogen and oxygen atoms in total. The summed E-state index contributed by atoms with van der Waals surface area (Å²) in [5.74, 6) is 0.828. The molecule has 0 unspecified atom stereocenters. The summed E-state index contributed by atoms with van der Waals surface area (Å²) in [6.07, 6.45) is 1.75. The minimum Gasteiger partial charge on any atom is -0.396 e. The first-order valence-electron chi connectivity index (χ1n) is 9.03. The highest BCUT2D eigenvalue weighted by Gasteiger charge is 2.38. The summed E-state index contributed by atoms with van der Waals surface area (Å²) in [6, 6.07) is 6.09. The van der Waals surface area contributed by atoms with Gasteiger partial charge in [0.1, 0.15) is 5.82 Å². The average molecular weight is 388 g/mol. The molecular weight excluding hydrogens is 362 g/mol. The lowest BCUT2D eigenvalue weighted by Gasteiger charge is -2.40. The van der Waals surface area contributed by atoms with Crippen LogP contribution in [0.25, 0.3) is 20.8 Å². The number of aliphatic hydroxyl groups excluding tert-OH is 1. The van der Waals surface area contributed by atoms with Crippen molar-refractivity contribution in [1.29, 1.82) is 0 Å². The zero-order valence-electron chi connectivity index (χ0n) is 15.8. The number of fused-ring (bicyclic) bond motifs is 1. The molecule has 0 bridgehead atoms. The minimum absolute atomic E-state index is 0.0890. The van der Waals surface area contributed by atoms with Crippen molar-refractivity contribution in [2.75, 3.05) is 37.0 Å². The Balaban J connectivity index is 1.71. The zero-order valence-corrected chi connectivity index (χ0v) is 16.6. The summed E-state index contributed by atoms with van der Waals surface area (Å²) < 4.78 is 6.40. The van der Waals surface area contributed by atoms with Crippen molar-refractivity contribution in [1.82, 2.24) is 15.2 Å². The molecule has 0 aliphatic carbocycles. The fraction of sp³-hybridized carbons (Fsp3) is 0.474. The maximum absolute atomic E-state index is 9.71. The first-order valence-corrected chi connectivity index (χ1v) is 9.84. The number of aromatic amines is 1. The number of thiophene rings is 1. The molecule has 1 aliphatic rings. The first-order chi connectivity index (χ1) is 12.9. The Morgan fingerprint density at radius 1 is 1.33 bits per heavy atom. The standard InChI is InChI=1S/C19H25N5O2S/c1-18(2,3)23-16-7-13(20-8-19(9-25)10-26-11-19)17-14(22-16)6-15(27-17)12-4-5-21-24-12/h4-7,25H,8-11H2,1-3H3,(H,21,24)(H2,20,22,23). The number of anilines is 2. The van der Waals surface area contributed by atoms with Gasteiger partial charge in [-0.1, -0.05) is 0 Å². The Labute approximate surface area is 162 Å². The van der Waals surface area contributed by atoms with Crippen LogP contribution in [-0.4, -0.2) is 52.2 Å². The van der Waals surface area contributed by atoms with Gasteiger partial charge >= 0.3 is 0 Å². The van der Waals surface area contributed by atoms with Crippen LogP contribution in [0.3, 0.4) is 0 Å². The van der Waals surface area contributed by atoms with Gasteiger partial charge in [0, 0.05) is 24.3 Å². The number of ether oxygens (including phenoxy) is 1. The molecule has 1 saturated heterocycles. The van der Waals surface area contributed by atoms with Crippen molar-refractivity contribution in [3.63, 3.8) is 0 Å². The second-order valence-electron chi connectivity index (χ2n) is 8.23. The van der Waals surface area contributed by atoms with Crippen LogP contribution in [-0.2, 0) is 4.74 Å². The van der Waals surface area contributed by atoms with Crippen LogP contribution in [0.1, 0.15) is 20.8 Å². The first kappa shape index (κ1) is 18.2. The second kappa shape index (κ2) is 6.78. The molecule has 4 heterocycles. The molecule has 0 aromatic carbocycles. The number of H-pyrrole nitrogens is 1. The molecule has 1 fully saturated rings. The number of rotatable bonds is 6. The molecule has 3 aromatic rings. The van der Waals surface area contributed by atoms with Crippen LogP contribution in [0, 0.1) is 5.41 Å². The smallest absolute Gasteiger partial charge is 0.129 e. The normalized spacial score (nSPS) is 16.3. The fourth-order valence-corrected chi connectivity index (χ4v) is 4.11. The molecule has 3 aromatic heterocycles. The summed E-state index contributed by atoms with van der Waals surface area (Å²) in [6.45, 7) is 8.29. The third-order valence-electron chi connectivity index (χ3n) is 4.55. The van der Waals surface area contributed by atoms with Gasteiger partial charge in [0.25, 0.3) is 0 Å². The van der Waals surface area contributed by atoms with Crippen molar-refractivity contribution >= 4 is 33.1 Å². The highest BCUT2D eigenvalue weighted by atomic mass is 32.1. The maximum Gasteiger partial charge on any atom is 0.129 e. The van der Waals surface area contributed by atoms with E-state index in [2.05, 4.69) is 47.7 Å². The lowest BCUT2D eigenvalue weighted by atomic mass is 9.87. The van der Waals surface area contributed by atoms with Crippen LogP contribution in [0.4, 0.5) is 11.5 Å². The SMILES string of the molecule is CC(C)(C)Nc1cc(NCC2(CO)COC2)c2sc(-c3ccn[nH]3)cc2n1. The van der Waals surface area contributed by atoms with Crippen LogP contribution in [0.15, 0.2) is 24.4 Å². The molecule has 0 radical (unpaired) electrons. The molecule has 0 saturated carbocycles. The van der Waals surface area contributed by atoms with E-state index in [1.54, 1.807) is 17.5 Å². The Bertz CT molecular complexity index is 920. The molecule has 0 amide bonds. The Kier molecular flexibility index (Phi) is 4.57. The van der Waals surface area contributed by atoms with E-state index >= 15 is 0 Å². The molecule has 4 N–H and O–H groups in total. The Morgan fingerprint density at radius 2 is 2.15 bits per heavy atom. The molecule has 27 heavy (non-hydrogen) atoms. The predicted octanol–water partition coefficient (Wildman–Crippen LogP) is 3.32. The maximum atomic E-state index is 9.71. The lowest BCUT2D eigenvalue weighted by molar-refractivity contribution is -0.128. The van der Waals surface area contributed by atoms with E-state index in [1.165, 1.54) is 0 Å². The number of nitrogens with one attached hydrogen (secondary N) is 3. The van der Waals surface area contributed by atoms with E-state index in [9.17, 15) is 5.11 Å². The Hall–Kier alpha value is -2.16. The summed E-state index contributed by atoms with van der Waals surface area (Å²) >= 11 is 1.67. The predicted molar refractivity (Wildman–Crippen MR) is 109 cm³/mol. The van der Waals surface area contributed by atoms with Crippen molar-refractivity contribution in [2.45, 2.75) is 26.3 Å². The molecule has 4 rings (SSSR count). The summed E-state index contributed by atoms with van der Waals surface area (Å²) in [5, 5.41) is 23.8. The highest BCUT2D eigenvalue weighted by molar-refractivity contribution is 7.22. The van der Waals surface area contributed by atoms with Gasteiger partial charge in [-0.2, -0.15) is 5.10 Å². The van der Waals surface area contributed by atoms with Gasteiger partial charge in [-0.25, -0.2) is 4.98 Å². The zero-order chi connectivity index (χ0) is 19.1. The number of aliphatic hydroxyl groups is 1. The van der Waals surface area contributed by atoms with Gasteiger partial charge in [0.05, 0.1) is 51.7 Å². The van der Waals surface area contributed by atoms with Gasteiger partial charge in [-0.15, -0.1) is 11.3 Å². The average Bonchev–Trinajstić information content (AvgIpc) is 3.21. The van der Waals surface area contributed by atoms with E-state index in [0.29, 0.717) is 19.8 Å². The topological polar surface area (TPSA) is 95.1 Å². The third kappa shape index (κ3) is 3.78. The van der Waals surface area contributed by atoms with Crippen molar-refractivity contribution in [3.8, 4) is 10.6 Å². The van der Waals surface area contributed by atoms with Crippen molar-refractivity contribution in [3.05, 3.63) is 24.4 Å². The third-order valence-corrected chi connectivity index (χ3v) is 5.74. The monoisotopic (exact) mass is 387 g/mol. The summed E-state index contributed by atoms with van der Waals surface area (Å²) in [4.78, 5) is 5.89. The van der Waals surface area contributed by atoms with Crippen LogP contribution >= 0.6 is 11.3 Å².